The number of benzene rings is 2. The van der Waals surface area contributed by atoms with Crippen molar-refractivity contribution in [1.82, 2.24) is 10.2 Å². The van der Waals surface area contributed by atoms with Gasteiger partial charge in [0.05, 0.1) is 18.5 Å². The predicted molar refractivity (Wildman–Crippen MR) is 106 cm³/mol. The molecule has 1 atom stereocenters. The molecule has 3 aromatic rings. The van der Waals surface area contributed by atoms with E-state index in [2.05, 4.69) is 31.4 Å². The maximum absolute atomic E-state index is 12.6. The van der Waals surface area contributed by atoms with Gasteiger partial charge in [-0.1, -0.05) is 22.0 Å². The predicted octanol–water partition coefficient (Wildman–Crippen LogP) is 3.33. The summed E-state index contributed by atoms with van der Waals surface area (Å²) < 4.78 is 6.09. The first-order valence-electron chi connectivity index (χ1n) is 8.44. The minimum Gasteiger partial charge on any atom is -0.497 e. The topological polar surface area (TPSA) is 87.3 Å². The van der Waals surface area contributed by atoms with Gasteiger partial charge in [0, 0.05) is 34.6 Å². The molecule has 1 fully saturated rings. The first-order valence-corrected chi connectivity index (χ1v) is 9.23. The van der Waals surface area contributed by atoms with Crippen molar-refractivity contribution < 1.29 is 14.3 Å². The number of ether oxygens (including phenoxy) is 1. The molecule has 0 aliphatic carbocycles. The molecule has 1 aromatic heterocycles. The van der Waals surface area contributed by atoms with Gasteiger partial charge in [0.2, 0.25) is 11.8 Å². The minimum absolute atomic E-state index is 0.114. The molecule has 2 heterocycles. The van der Waals surface area contributed by atoms with Crippen LogP contribution in [0, 0.1) is 5.92 Å². The first kappa shape index (κ1) is 17.5. The molecule has 1 saturated heterocycles. The number of aromatic nitrogens is 2. The number of anilines is 2. The van der Waals surface area contributed by atoms with E-state index in [1.807, 2.05) is 18.2 Å². The summed E-state index contributed by atoms with van der Waals surface area (Å²) in [6.45, 7) is 0.296. The molecular weight excluding hydrogens is 412 g/mol. The smallest absolute Gasteiger partial charge is 0.229 e. The summed E-state index contributed by atoms with van der Waals surface area (Å²) in [6, 6.07) is 12.8. The van der Waals surface area contributed by atoms with Crippen molar-refractivity contribution in [2.45, 2.75) is 6.42 Å². The van der Waals surface area contributed by atoms with Crippen LogP contribution in [0.25, 0.3) is 10.9 Å². The van der Waals surface area contributed by atoms with E-state index in [0.717, 1.165) is 15.4 Å². The van der Waals surface area contributed by atoms with Crippen LogP contribution in [0.1, 0.15) is 6.42 Å². The van der Waals surface area contributed by atoms with Gasteiger partial charge in [0.15, 0.2) is 5.82 Å². The van der Waals surface area contributed by atoms with Gasteiger partial charge in [-0.3, -0.25) is 19.6 Å². The maximum atomic E-state index is 12.6. The molecule has 0 bridgehead atoms. The van der Waals surface area contributed by atoms with Gasteiger partial charge in [0.1, 0.15) is 5.75 Å². The third-order valence-corrected chi connectivity index (χ3v) is 5.09. The second kappa shape index (κ2) is 7.03. The number of carbonyl (C=O) groups is 2. The SMILES string of the molecule is COc1cccc(NC(=O)C2CC(=O)N(c3n[nH]c4cc(Br)ccc34)C2)c1. The van der Waals surface area contributed by atoms with Crippen molar-refractivity contribution in [1.29, 1.82) is 0 Å². The average Bonchev–Trinajstić information content (AvgIpc) is 3.24. The molecular formula is C19H17BrN4O3. The molecule has 1 unspecified atom stereocenters. The Hall–Kier alpha value is -2.87. The summed E-state index contributed by atoms with van der Waals surface area (Å²) in [5.74, 6) is 0.468. The minimum atomic E-state index is -0.439. The lowest BCUT2D eigenvalue weighted by molar-refractivity contribution is -0.122. The fourth-order valence-corrected chi connectivity index (χ4v) is 3.58. The molecule has 138 valence electrons. The van der Waals surface area contributed by atoms with Crippen LogP contribution in [0.15, 0.2) is 46.9 Å². The van der Waals surface area contributed by atoms with Gasteiger partial charge in [-0.05, 0) is 30.3 Å². The molecule has 27 heavy (non-hydrogen) atoms. The Labute approximate surface area is 163 Å². The highest BCUT2D eigenvalue weighted by Gasteiger charge is 2.36. The number of fused-ring (bicyclic) bond motifs is 1. The molecule has 2 amide bonds. The number of aromatic amines is 1. The fraction of sp³-hybridized carbons (Fsp3) is 0.211. The number of hydrogen-bond acceptors (Lipinski definition) is 4. The molecule has 1 aliphatic rings. The second-order valence-corrected chi connectivity index (χ2v) is 7.28. The Kier molecular flexibility index (Phi) is 4.57. The Morgan fingerprint density at radius 2 is 2.19 bits per heavy atom. The van der Waals surface area contributed by atoms with Crippen LogP contribution in [0.3, 0.4) is 0 Å². The summed E-state index contributed by atoms with van der Waals surface area (Å²) in [7, 11) is 1.57. The number of methoxy groups -OCH3 is 1. The number of nitrogens with zero attached hydrogens (tertiary/aromatic N) is 2. The monoisotopic (exact) mass is 428 g/mol. The van der Waals surface area contributed by atoms with Gasteiger partial charge in [0.25, 0.3) is 0 Å². The molecule has 1 aliphatic heterocycles. The van der Waals surface area contributed by atoms with E-state index in [4.69, 9.17) is 4.74 Å². The van der Waals surface area contributed by atoms with Gasteiger partial charge < -0.3 is 10.1 Å². The lowest BCUT2D eigenvalue weighted by atomic mass is 10.1. The molecule has 2 aromatic carbocycles. The van der Waals surface area contributed by atoms with Crippen LogP contribution in [0.5, 0.6) is 5.75 Å². The van der Waals surface area contributed by atoms with Crippen molar-refractivity contribution in [3.8, 4) is 5.75 Å². The van der Waals surface area contributed by atoms with Crippen LogP contribution in [0.4, 0.5) is 11.5 Å². The summed E-state index contributed by atoms with van der Waals surface area (Å²) in [5.41, 5.74) is 1.47. The number of carbonyl (C=O) groups excluding carboxylic acids is 2. The standard InChI is InChI=1S/C19H17BrN4O3/c1-27-14-4-2-3-13(9-14)21-19(26)11-7-17(25)24(10-11)18-15-6-5-12(20)8-16(15)22-23-18/h2-6,8-9,11H,7,10H2,1H3,(H,21,26)(H,22,23). The highest BCUT2D eigenvalue weighted by Crippen LogP contribution is 2.31. The lowest BCUT2D eigenvalue weighted by Crippen LogP contribution is -2.28. The highest BCUT2D eigenvalue weighted by atomic mass is 79.9. The Morgan fingerprint density at radius 3 is 3.00 bits per heavy atom. The van der Waals surface area contributed by atoms with Crippen molar-refractivity contribution in [2.75, 3.05) is 23.9 Å². The summed E-state index contributed by atoms with van der Waals surface area (Å²) in [6.07, 6.45) is 0.153. The van der Waals surface area contributed by atoms with Crippen molar-refractivity contribution in [3.05, 3.63) is 46.9 Å². The fourth-order valence-electron chi connectivity index (χ4n) is 3.22. The Bertz CT molecular complexity index is 1030. The molecule has 0 radical (unpaired) electrons. The van der Waals surface area contributed by atoms with E-state index in [1.165, 1.54) is 0 Å². The van der Waals surface area contributed by atoms with E-state index in [1.54, 1.807) is 36.3 Å². The van der Waals surface area contributed by atoms with Crippen molar-refractivity contribution in [3.63, 3.8) is 0 Å². The number of halogens is 1. The Balaban J connectivity index is 1.52. The molecule has 4 rings (SSSR count). The lowest BCUT2D eigenvalue weighted by Gasteiger charge is -2.14. The van der Waals surface area contributed by atoms with E-state index in [9.17, 15) is 9.59 Å². The number of H-pyrrole nitrogens is 1. The number of amides is 2. The first-order chi connectivity index (χ1) is 13.0. The van der Waals surface area contributed by atoms with Crippen LogP contribution >= 0.6 is 15.9 Å². The van der Waals surface area contributed by atoms with Crippen LogP contribution in [-0.4, -0.2) is 35.7 Å². The normalized spacial score (nSPS) is 16.7. The van der Waals surface area contributed by atoms with Crippen LogP contribution in [0.2, 0.25) is 0 Å². The third-order valence-electron chi connectivity index (χ3n) is 4.59. The Morgan fingerprint density at radius 1 is 1.33 bits per heavy atom. The van der Waals surface area contributed by atoms with Gasteiger partial charge in [-0.15, -0.1) is 0 Å². The van der Waals surface area contributed by atoms with Crippen molar-refractivity contribution >= 4 is 50.2 Å². The van der Waals surface area contributed by atoms with E-state index >= 15 is 0 Å². The van der Waals surface area contributed by atoms with Crippen LogP contribution < -0.4 is 15.0 Å². The zero-order valence-electron chi connectivity index (χ0n) is 14.5. The van der Waals surface area contributed by atoms with E-state index in [0.29, 0.717) is 23.8 Å². The van der Waals surface area contributed by atoms with Crippen molar-refractivity contribution in [2.24, 2.45) is 5.92 Å². The maximum Gasteiger partial charge on any atom is 0.229 e. The number of rotatable bonds is 4. The van der Waals surface area contributed by atoms with Gasteiger partial charge in [-0.2, -0.15) is 5.10 Å². The van der Waals surface area contributed by atoms with Gasteiger partial charge in [-0.25, -0.2) is 0 Å². The second-order valence-electron chi connectivity index (χ2n) is 6.36. The third kappa shape index (κ3) is 3.40. The summed E-state index contributed by atoms with van der Waals surface area (Å²) in [5, 5.41) is 10.9. The highest BCUT2D eigenvalue weighted by molar-refractivity contribution is 9.10. The molecule has 7 nitrogen and oxygen atoms in total. The van der Waals surface area contributed by atoms with E-state index < -0.39 is 5.92 Å². The summed E-state index contributed by atoms with van der Waals surface area (Å²) >= 11 is 3.42. The van der Waals surface area contributed by atoms with E-state index in [-0.39, 0.29) is 18.2 Å². The quantitative estimate of drug-likeness (QED) is 0.666. The molecule has 2 N–H and O–H groups in total. The number of hydrogen-bond donors (Lipinski definition) is 2. The molecule has 0 spiro atoms. The van der Waals surface area contributed by atoms with Crippen LogP contribution in [-0.2, 0) is 9.59 Å². The van der Waals surface area contributed by atoms with Gasteiger partial charge >= 0.3 is 0 Å². The largest absolute Gasteiger partial charge is 0.497 e. The zero-order valence-corrected chi connectivity index (χ0v) is 16.1. The summed E-state index contributed by atoms with van der Waals surface area (Å²) in [4.78, 5) is 26.7. The average molecular weight is 429 g/mol. The molecule has 0 saturated carbocycles. The zero-order chi connectivity index (χ0) is 19.0. The molecule has 8 heteroatoms. The number of nitrogens with one attached hydrogen (secondary N) is 2.